The zero-order valence-electron chi connectivity index (χ0n) is 12.9. The Kier molecular flexibility index (Phi) is 4.45. The Morgan fingerprint density at radius 2 is 1.96 bits per heavy atom. The van der Waals surface area contributed by atoms with E-state index in [1.165, 1.54) is 6.07 Å². The minimum atomic E-state index is -0.340. The van der Waals surface area contributed by atoms with Gasteiger partial charge in [-0.1, -0.05) is 19.1 Å². The molecule has 0 radical (unpaired) electrons. The van der Waals surface area contributed by atoms with Crippen LogP contribution in [-0.4, -0.2) is 18.2 Å². The lowest BCUT2D eigenvalue weighted by Crippen LogP contribution is -2.22. The molecule has 0 atom stereocenters. The summed E-state index contributed by atoms with van der Waals surface area (Å²) in [6.45, 7) is 4.25. The van der Waals surface area contributed by atoms with Crippen molar-refractivity contribution in [2.24, 2.45) is 0 Å². The third-order valence-corrected chi connectivity index (χ3v) is 3.87. The summed E-state index contributed by atoms with van der Waals surface area (Å²) < 4.78 is 24.7. The Balaban J connectivity index is 1.72. The van der Waals surface area contributed by atoms with Crippen molar-refractivity contribution in [1.29, 1.82) is 5.26 Å². The molecule has 0 saturated heterocycles. The van der Waals surface area contributed by atoms with E-state index in [0.29, 0.717) is 24.2 Å². The molecule has 118 valence electrons. The van der Waals surface area contributed by atoms with Crippen molar-refractivity contribution < 1.29 is 13.9 Å². The Morgan fingerprint density at radius 1 is 1.13 bits per heavy atom. The van der Waals surface area contributed by atoms with E-state index in [4.69, 9.17) is 14.7 Å². The van der Waals surface area contributed by atoms with E-state index in [2.05, 4.69) is 4.90 Å². The van der Waals surface area contributed by atoms with Gasteiger partial charge < -0.3 is 9.47 Å². The molecule has 1 aliphatic heterocycles. The summed E-state index contributed by atoms with van der Waals surface area (Å²) in [7, 11) is 0. The molecule has 4 nitrogen and oxygen atoms in total. The summed E-state index contributed by atoms with van der Waals surface area (Å²) in [5.41, 5.74) is 2.02. The fourth-order valence-electron chi connectivity index (χ4n) is 2.56. The third-order valence-electron chi connectivity index (χ3n) is 3.87. The topological polar surface area (TPSA) is 45.5 Å². The molecule has 0 unspecified atom stereocenters. The van der Waals surface area contributed by atoms with Gasteiger partial charge in [0.25, 0.3) is 0 Å². The second kappa shape index (κ2) is 6.67. The van der Waals surface area contributed by atoms with Crippen LogP contribution in [0.4, 0.5) is 4.39 Å². The van der Waals surface area contributed by atoms with Crippen molar-refractivity contribution in [2.75, 3.05) is 13.3 Å². The molecule has 0 spiro atoms. The molecule has 2 aromatic carbocycles. The molecule has 0 saturated carbocycles. The van der Waals surface area contributed by atoms with E-state index < -0.39 is 0 Å². The molecule has 0 bridgehead atoms. The number of hydrogen-bond acceptors (Lipinski definition) is 4. The fraction of sp³-hybridized carbons (Fsp3) is 0.278. The molecule has 0 N–H and O–H groups in total. The van der Waals surface area contributed by atoms with Crippen LogP contribution in [0.1, 0.15) is 23.6 Å². The Hall–Kier alpha value is -2.58. The molecular formula is C18H17FN2O2. The molecule has 0 aromatic heterocycles. The first-order valence-corrected chi connectivity index (χ1v) is 7.49. The van der Waals surface area contributed by atoms with Gasteiger partial charge in [-0.05, 0) is 36.4 Å². The van der Waals surface area contributed by atoms with Crippen molar-refractivity contribution >= 4 is 0 Å². The smallest absolute Gasteiger partial charge is 0.231 e. The van der Waals surface area contributed by atoms with Gasteiger partial charge in [-0.25, -0.2) is 4.39 Å². The van der Waals surface area contributed by atoms with Crippen LogP contribution in [0.25, 0.3) is 0 Å². The summed E-state index contributed by atoms with van der Waals surface area (Å²) in [6, 6.07) is 12.4. The molecule has 0 aliphatic carbocycles. The van der Waals surface area contributed by atoms with E-state index >= 15 is 0 Å². The molecule has 1 heterocycles. The first-order valence-electron chi connectivity index (χ1n) is 7.49. The Labute approximate surface area is 134 Å². The number of hydrogen-bond donors (Lipinski definition) is 0. The summed E-state index contributed by atoms with van der Waals surface area (Å²) in [4.78, 5) is 2.13. The SMILES string of the molecule is CCN(Cc1ccc2c(c1)OCO2)Cc1ccc(C#N)cc1F. The highest BCUT2D eigenvalue weighted by Gasteiger charge is 2.15. The number of rotatable bonds is 5. The Morgan fingerprint density at radius 3 is 2.70 bits per heavy atom. The lowest BCUT2D eigenvalue weighted by molar-refractivity contribution is 0.174. The maximum absolute atomic E-state index is 14.0. The van der Waals surface area contributed by atoms with Crippen LogP contribution in [0, 0.1) is 17.1 Å². The molecule has 0 fully saturated rings. The van der Waals surface area contributed by atoms with Crippen LogP contribution < -0.4 is 9.47 Å². The van der Waals surface area contributed by atoms with E-state index in [-0.39, 0.29) is 12.6 Å². The van der Waals surface area contributed by atoms with Gasteiger partial charge in [0.1, 0.15) is 5.82 Å². The predicted octanol–water partition coefficient (Wildman–Crippen LogP) is 3.45. The number of ether oxygens (including phenoxy) is 2. The number of nitrogens with zero attached hydrogens (tertiary/aromatic N) is 2. The van der Waals surface area contributed by atoms with Gasteiger partial charge >= 0.3 is 0 Å². The summed E-state index contributed by atoms with van der Waals surface area (Å²) in [5, 5.41) is 8.80. The fourth-order valence-corrected chi connectivity index (χ4v) is 2.56. The predicted molar refractivity (Wildman–Crippen MR) is 83.5 cm³/mol. The molecule has 3 rings (SSSR count). The number of benzene rings is 2. The minimum absolute atomic E-state index is 0.257. The van der Waals surface area contributed by atoms with Crippen LogP contribution >= 0.6 is 0 Å². The van der Waals surface area contributed by atoms with E-state index in [1.54, 1.807) is 12.1 Å². The van der Waals surface area contributed by atoms with Gasteiger partial charge in [0, 0.05) is 18.7 Å². The van der Waals surface area contributed by atoms with Crippen molar-refractivity contribution in [3.8, 4) is 17.6 Å². The largest absolute Gasteiger partial charge is 0.454 e. The van der Waals surface area contributed by atoms with Gasteiger partial charge in [0.05, 0.1) is 11.6 Å². The van der Waals surface area contributed by atoms with Gasteiger partial charge in [-0.15, -0.1) is 0 Å². The average Bonchev–Trinajstić information content (AvgIpc) is 3.03. The summed E-state index contributed by atoms with van der Waals surface area (Å²) in [6.07, 6.45) is 0. The van der Waals surface area contributed by atoms with Crippen molar-refractivity contribution in [3.63, 3.8) is 0 Å². The average molecular weight is 312 g/mol. The minimum Gasteiger partial charge on any atom is -0.454 e. The number of fused-ring (bicyclic) bond motifs is 1. The standard InChI is InChI=1S/C18H17FN2O2/c1-2-21(11-15-5-3-13(9-20)7-16(15)19)10-14-4-6-17-18(8-14)23-12-22-17/h3-8H,2,10-12H2,1H3. The monoisotopic (exact) mass is 312 g/mol. The van der Waals surface area contributed by atoms with Crippen LogP contribution in [0.3, 0.4) is 0 Å². The van der Waals surface area contributed by atoms with E-state index in [1.807, 2.05) is 31.2 Å². The normalized spacial score (nSPS) is 12.4. The van der Waals surface area contributed by atoms with Gasteiger partial charge in [0.2, 0.25) is 6.79 Å². The lowest BCUT2D eigenvalue weighted by atomic mass is 10.1. The molecule has 2 aromatic rings. The van der Waals surface area contributed by atoms with Crippen LogP contribution in [0.2, 0.25) is 0 Å². The Bertz CT molecular complexity index is 755. The molecule has 1 aliphatic rings. The highest BCUT2D eigenvalue weighted by molar-refractivity contribution is 5.44. The number of nitriles is 1. The molecular weight excluding hydrogens is 295 g/mol. The molecule has 0 amide bonds. The maximum Gasteiger partial charge on any atom is 0.231 e. The van der Waals surface area contributed by atoms with Crippen LogP contribution in [0.5, 0.6) is 11.5 Å². The third kappa shape index (κ3) is 3.43. The van der Waals surface area contributed by atoms with Crippen molar-refractivity contribution in [1.82, 2.24) is 4.90 Å². The lowest BCUT2D eigenvalue weighted by Gasteiger charge is -2.21. The van der Waals surface area contributed by atoms with Crippen molar-refractivity contribution in [3.05, 3.63) is 58.9 Å². The zero-order chi connectivity index (χ0) is 16.2. The van der Waals surface area contributed by atoms with Gasteiger partial charge in [0.15, 0.2) is 11.5 Å². The van der Waals surface area contributed by atoms with E-state index in [9.17, 15) is 4.39 Å². The zero-order valence-corrected chi connectivity index (χ0v) is 12.9. The summed E-state index contributed by atoms with van der Waals surface area (Å²) in [5.74, 6) is 1.17. The molecule has 5 heteroatoms. The number of halogens is 1. The quantitative estimate of drug-likeness (QED) is 0.848. The first-order chi connectivity index (χ1) is 11.2. The second-order valence-electron chi connectivity index (χ2n) is 5.41. The van der Waals surface area contributed by atoms with Crippen LogP contribution in [-0.2, 0) is 13.1 Å². The highest BCUT2D eigenvalue weighted by atomic mass is 19.1. The van der Waals surface area contributed by atoms with Crippen LogP contribution in [0.15, 0.2) is 36.4 Å². The molecule has 23 heavy (non-hydrogen) atoms. The van der Waals surface area contributed by atoms with Gasteiger partial charge in [-0.2, -0.15) is 5.26 Å². The van der Waals surface area contributed by atoms with E-state index in [0.717, 1.165) is 23.6 Å². The highest BCUT2D eigenvalue weighted by Crippen LogP contribution is 2.32. The summed E-state index contributed by atoms with van der Waals surface area (Å²) >= 11 is 0. The van der Waals surface area contributed by atoms with Gasteiger partial charge in [-0.3, -0.25) is 4.90 Å². The second-order valence-corrected chi connectivity index (χ2v) is 5.41. The van der Waals surface area contributed by atoms with Crippen molar-refractivity contribution in [2.45, 2.75) is 20.0 Å². The first kappa shape index (κ1) is 15.3. The maximum atomic E-state index is 14.0.